The quantitative estimate of drug-likeness (QED) is 0.0275. The van der Waals surface area contributed by atoms with Gasteiger partial charge >= 0.3 is 5.97 Å². The molecule has 2 amide bonds. The minimum absolute atomic E-state index is 0.229. The Morgan fingerprint density at radius 1 is 0.527 bits per heavy atom. The van der Waals surface area contributed by atoms with Crippen molar-refractivity contribution in [1.82, 2.24) is 10.6 Å². The number of nitrogens with one attached hydrogen (secondary N) is 2. The molecule has 3 saturated heterocycles. The molecule has 91 heavy (non-hydrogen) atoms. The number of hydrogen-bond acceptors (Lipinski definition) is 20. The van der Waals surface area contributed by atoms with E-state index in [2.05, 4.69) is 24.5 Å². The van der Waals surface area contributed by atoms with Crippen molar-refractivity contribution in [3.63, 3.8) is 0 Å². The summed E-state index contributed by atoms with van der Waals surface area (Å²) in [6.07, 6.45) is 16.8. The van der Waals surface area contributed by atoms with Crippen LogP contribution in [0.15, 0.2) is 0 Å². The summed E-state index contributed by atoms with van der Waals surface area (Å²) in [6, 6.07) is -2.52. The van der Waals surface area contributed by atoms with Crippen LogP contribution in [-0.4, -0.2) is 215 Å². The second kappa shape index (κ2) is 49.3. The highest BCUT2D eigenvalue weighted by Gasteiger charge is 2.60. The number of rotatable bonds is 55. The first kappa shape index (κ1) is 83.0. The smallest absolute Gasteiger partial charge is 0.364 e. The van der Waals surface area contributed by atoms with E-state index in [1.807, 2.05) is 0 Å². The fourth-order valence-electron chi connectivity index (χ4n) is 12.8. The van der Waals surface area contributed by atoms with Gasteiger partial charge in [-0.1, -0.05) is 245 Å². The lowest BCUT2D eigenvalue weighted by molar-refractivity contribution is -0.386. The molecule has 3 rings (SSSR count). The molecule has 23 nitrogen and oxygen atoms in total. The molecule has 0 aromatic heterocycles. The summed E-state index contributed by atoms with van der Waals surface area (Å²) in [5.74, 6) is -6.09. The number of aliphatic carboxylic acids is 1. The number of carboxylic acid groups (broad SMARTS) is 1. The Labute approximate surface area is 544 Å². The molecule has 0 spiro atoms. The van der Waals surface area contributed by atoms with E-state index in [0.717, 1.165) is 51.9 Å². The van der Waals surface area contributed by atoms with Crippen LogP contribution >= 0.6 is 0 Å². The first-order valence-electron chi connectivity index (χ1n) is 35.9. The molecule has 536 valence electrons. The zero-order chi connectivity index (χ0) is 66.8. The van der Waals surface area contributed by atoms with Crippen molar-refractivity contribution >= 4 is 17.8 Å². The van der Waals surface area contributed by atoms with E-state index >= 15 is 0 Å². The first-order valence-corrected chi connectivity index (χ1v) is 35.9. The van der Waals surface area contributed by atoms with E-state index in [4.69, 9.17) is 28.4 Å². The molecule has 18 unspecified atom stereocenters. The SMILES string of the molecule is CCCCCCCCCCCCCCCCCCCCCCCCCC(=O)NC(COC1OC(CO)C(OC2OC(CO)C(O)C(OC3(C(=O)O)CC(O)C(NC(C)=O)C(C(O)C(O)CO)O3)C2O)C(O)C1O)C(O)CCCCCCCCCCCCCCCC. The van der Waals surface area contributed by atoms with E-state index in [0.29, 0.717) is 19.3 Å². The van der Waals surface area contributed by atoms with E-state index in [1.165, 1.54) is 180 Å². The Morgan fingerprint density at radius 2 is 0.956 bits per heavy atom. The van der Waals surface area contributed by atoms with Gasteiger partial charge in [0.25, 0.3) is 5.79 Å². The monoisotopic (exact) mass is 1310 g/mol. The van der Waals surface area contributed by atoms with Gasteiger partial charge in [-0.25, -0.2) is 4.79 Å². The number of unbranched alkanes of at least 4 members (excludes halogenated alkanes) is 35. The lowest BCUT2D eigenvalue weighted by atomic mass is 9.88. The molecule has 14 N–H and O–H groups in total. The van der Waals surface area contributed by atoms with E-state index in [-0.39, 0.29) is 18.9 Å². The van der Waals surface area contributed by atoms with Crippen LogP contribution in [0.25, 0.3) is 0 Å². The van der Waals surface area contributed by atoms with Gasteiger partial charge in [0, 0.05) is 19.8 Å². The maximum atomic E-state index is 13.5. The van der Waals surface area contributed by atoms with Gasteiger partial charge in [0.1, 0.15) is 67.1 Å². The number of carboxylic acids is 1. The van der Waals surface area contributed by atoms with Crippen molar-refractivity contribution in [1.29, 1.82) is 0 Å². The molecule has 0 aromatic rings. The van der Waals surface area contributed by atoms with Crippen LogP contribution in [-0.2, 0) is 42.8 Å². The van der Waals surface area contributed by atoms with Crippen molar-refractivity contribution in [3.05, 3.63) is 0 Å². The minimum Gasteiger partial charge on any atom is -0.477 e. The van der Waals surface area contributed by atoms with Gasteiger partial charge in [-0.3, -0.25) is 9.59 Å². The van der Waals surface area contributed by atoms with Crippen LogP contribution in [0.2, 0.25) is 0 Å². The molecule has 0 aliphatic carbocycles. The Hall–Kier alpha value is -2.27. The number of ether oxygens (including phenoxy) is 6. The van der Waals surface area contributed by atoms with Gasteiger partial charge in [0.2, 0.25) is 11.8 Å². The second-order valence-corrected chi connectivity index (χ2v) is 26.5. The van der Waals surface area contributed by atoms with Gasteiger partial charge < -0.3 is 100 Å². The zero-order valence-corrected chi connectivity index (χ0v) is 56.0. The molecule has 18 atom stereocenters. The number of carbonyl (C=O) groups excluding carboxylic acids is 2. The van der Waals surface area contributed by atoms with Crippen LogP contribution in [0, 0.1) is 0 Å². The number of carbonyl (C=O) groups is 3. The highest BCUT2D eigenvalue weighted by molar-refractivity contribution is 5.77. The highest BCUT2D eigenvalue weighted by atomic mass is 16.8. The molecule has 0 bridgehead atoms. The molecule has 0 saturated carbocycles. The van der Waals surface area contributed by atoms with Gasteiger partial charge in [-0.2, -0.15) is 0 Å². The fraction of sp³-hybridized carbons (Fsp3) is 0.956. The third kappa shape index (κ3) is 31.7. The average molecular weight is 1310 g/mol. The van der Waals surface area contributed by atoms with Crippen LogP contribution in [0.5, 0.6) is 0 Å². The van der Waals surface area contributed by atoms with Gasteiger partial charge in [0.15, 0.2) is 12.6 Å². The lowest BCUT2D eigenvalue weighted by Gasteiger charge is -2.50. The summed E-state index contributed by atoms with van der Waals surface area (Å²) in [5.41, 5.74) is 0. The molecule has 23 heteroatoms. The number of amides is 2. The molecule has 0 aromatic carbocycles. The van der Waals surface area contributed by atoms with Crippen molar-refractivity contribution < 1.29 is 104 Å². The van der Waals surface area contributed by atoms with Crippen LogP contribution in [0.1, 0.15) is 278 Å². The highest BCUT2D eigenvalue weighted by Crippen LogP contribution is 2.39. The Balaban J connectivity index is 1.55. The van der Waals surface area contributed by atoms with E-state index in [9.17, 15) is 75.7 Å². The summed E-state index contributed by atoms with van der Waals surface area (Å²) in [6.45, 7) is 2.23. The van der Waals surface area contributed by atoms with Gasteiger partial charge in [-0.15, -0.1) is 0 Å². The number of hydrogen-bond donors (Lipinski definition) is 14. The molecule has 3 aliphatic rings. The summed E-state index contributed by atoms with van der Waals surface area (Å²) >= 11 is 0. The summed E-state index contributed by atoms with van der Waals surface area (Å²) in [4.78, 5) is 38.6. The number of aliphatic hydroxyl groups is 11. The largest absolute Gasteiger partial charge is 0.477 e. The summed E-state index contributed by atoms with van der Waals surface area (Å²) in [5, 5.41) is 136. The predicted octanol–water partition coefficient (Wildman–Crippen LogP) is 6.90. The van der Waals surface area contributed by atoms with Crippen LogP contribution in [0.4, 0.5) is 0 Å². The van der Waals surface area contributed by atoms with Crippen molar-refractivity contribution in [2.75, 3.05) is 26.4 Å². The third-order valence-corrected chi connectivity index (χ3v) is 18.6. The Bertz CT molecular complexity index is 1850. The van der Waals surface area contributed by atoms with E-state index in [1.54, 1.807) is 0 Å². The average Bonchev–Trinajstić information content (AvgIpc) is 0.766. The van der Waals surface area contributed by atoms with E-state index < -0.39 is 148 Å². The molecular weight excluding hydrogens is 1180 g/mol. The summed E-state index contributed by atoms with van der Waals surface area (Å²) in [7, 11) is 0. The second-order valence-electron chi connectivity index (χ2n) is 26.5. The summed E-state index contributed by atoms with van der Waals surface area (Å²) < 4.78 is 34.9. The molecular formula is C68H128N2O21. The van der Waals surface area contributed by atoms with Crippen LogP contribution in [0.3, 0.4) is 0 Å². The molecule has 3 aliphatic heterocycles. The maximum absolute atomic E-state index is 13.5. The predicted molar refractivity (Wildman–Crippen MR) is 343 cm³/mol. The first-order chi connectivity index (χ1) is 43.9. The zero-order valence-electron chi connectivity index (χ0n) is 56.0. The lowest BCUT2D eigenvalue weighted by Crippen LogP contribution is -2.70. The minimum atomic E-state index is -3.08. The van der Waals surface area contributed by atoms with Crippen molar-refractivity contribution in [2.24, 2.45) is 0 Å². The Kier molecular flexibility index (Phi) is 44.9. The maximum Gasteiger partial charge on any atom is 0.364 e. The molecule has 3 fully saturated rings. The molecule has 0 radical (unpaired) electrons. The fourth-order valence-corrected chi connectivity index (χ4v) is 12.8. The van der Waals surface area contributed by atoms with Gasteiger partial charge in [-0.05, 0) is 12.8 Å². The standard InChI is InChI=1S/C68H128N2O21/c1-4-6-8-10-12-14-16-18-20-21-22-23-24-25-26-27-28-30-32-34-36-38-40-42-55(78)70-49(50(75)41-39-37-35-33-31-29-19-17-15-13-11-9-7-5-2)47-86-65-60(82)59(81)62(54(46-73)88-65)89-66-61(83)64(58(80)53(45-72)87-66)91-68(67(84)85)43-51(76)56(69-48(3)74)63(90-68)57(79)52(77)44-71/h49-54,56-66,71-73,75-77,79-83H,4-47H2,1-3H3,(H,69,74)(H,70,78)(H,84,85). The van der Waals surface area contributed by atoms with Crippen molar-refractivity contribution in [3.8, 4) is 0 Å². The third-order valence-electron chi connectivity index (χ3n) is 18.6. The topological polar surface area (TPSA) is 373 Å². The molecule has 3 heterocycles. The van der Waals surface area contributed by atoms with Crippen LogP contribution < -0.4 is 10.6 Å². The van der Waals surface area contributed by atoms with Crippen molar-refractivity contribution in [2.45, 2.75) is 387 Å². The Morgan fingerprint density at radius 3 is 1.37 bits per heavy atom. The van der Waals surface area contributed by atoms with Gasteiger partial charge in [0.05, 0.1) is 50.7 Å². The normalized spacial score (nSPS) is 28.4. The number of aliphatic hydroxyl groups excluding tert-OH is 11.